The van der Waals surface area contributed by atoms with Crippen LogP contribution in [0.5, 0.6) is 5.75 Å². The van der Waals surface area contributed by atoms with Crippen LogP contribution in [0.4, 0.5) is 4.79 Å². The summed E-state index contributed by atoms with van der Waals surface area (Å²) in [5.74, 6) is 0.207. The molecule has 5 nitrogen and oxygen atoms in total. The first kappa shape index (κ1) is 19.5. The molecule has 0 aromatic heterocycles. The SMILES string of the molecule is CN(Cc1cccc(O)c1)C(=O)NC[C@H](c1ccc(Cl)cc1)N1CCCC1. The molecule has 1 aliphatic heterocycles. The highest BCUT2D eigenvalue weighted by Crippen LogP contribution is 2.25. The fourth-order valence-electron chi connectivity index (χ4n) is 3.52. The van der Waals surface area contributed by atoms with Gasteiger partial charge in [0.15, 0.2) is 0 Å². The first-order valence-corrected chi connectivity index (χ1v) is 9.67. The Hall–Kier alpha value is -2.24. The van der Waals surface area contributed by atoms with E-state index in [-0.39, 0.29) is 17.8 Å². The Morgan fingerprint density at radius 2 is 1.93 bits per heavy atom. The van der Waals surface area contributed by atoms with Gasteiger partial charge in [0.25, 0.3) is 0 Å². The van der Waals surface area contributed by atoms with Crippen LogP contribution in [0, 0.1) is 0 Å². The largest absolute Gasteiger partial charge is 0.508 e. The summed E-state index contributed by atoms with van der Waals surface area (Å²) < 4.78 is 0. The molecule has 3 rings (SSSR count). The summed E-state index contributed by atoms with van der Waals surface area (Å²) in [5, 5.41) is 13.3. The van der Waals surface area contributed by atoms with Gasteiger partial charge in [-0.1, -0.05) is 35.9 Å². The second-order valence-corrected chi connectivity index (χ2v) is 7.46. The van der Waals surface area contributed by atoms with Crippen LogP contribution in [0.1, 0.15) is 30.0 Å². The molecule has 0 radical (unpaired) electrons. The van der Waals surface area contributed by atoms with E-state index in [1.807, 2.05) is 30.3 Å². The third-order valence-electron chi connectivity index (χ3n) is 4.96. The Balaban J connectivity index is 1.61. The molecule has 27 heavy (non-hydrogen) atoms. The van der Waals surface area contributed by atoms with Crippen LogP contribution in [-0.2, 0) is 6.54 Å². The molecule has 1 heterocycles. The smallest absolute Gasteiger partial charge is 0.317 e. The fraction of sp³-hybridized carbons (Fsp3) is 0.381. The van der Waals surface area contributed by atoms with Gasteiger partial charge in [0.2, 0.25) is 0 Å². The molecule has 2 amide bonds. The monoisotopic (exact) mass is 387 g/mol. The second-order valence-electron chi connectivity index (χ2n) is 7.02. The maximum atomic E-state index is 12.5. The van der Waals surface area contributed by atoms with Gasteiger partial charge in [-0.3, -0.25) is 4.90 Å². The van der Waals surface area contributed by atoms with E-state index in [2.05, 4.69) is 10.2 Å². The van der Waals surface area contributed by atoms with Crippen LogP contribution in [0.15, 0.2) is 48.5 Å². The van der Waals surface area contributed by atoms with E-state index in [0.717, 1.165) is 24.2 Å². The molecule has 2 aromatic carbocycles. The first-order valence-electron chi connectivity index (χ1n) is 9.29. The van der Waals surface area contributed by atoms with Gasteiger partial charge >= 0.3 is 6.03 Å². The molecule has 1 atom stereocenters. The van der Waals surface area contributed by atoms with Crippen molar-refractivity contribution in [2.24, 2.45) is 0 Å². The predicted octanol–water partition coefficient (Wildman–Crippen LogP) is 4.02. The molecule has 0 aliphatic carbocycles. The number of nitrogens with one attached hydrogen (secondary N) is 1. The van der Waals surface area contributed by atoms with Crippen LogP contribution >= 0.6 is 11.6 Å². The van der Waals surface area contributed by atoms with E-state index < -0.39 is 0 Å². The highest BCUT2D eigenvalue weighted by Gasteiger charge is 2.24. The van der Waals surface area contributed by atoms with Gasteiger partial charge in [-0.15, -0.1) is 0 Å². The van der Waals surface area contributed by atoms with E-state index in [1.165, 1.54) is 12.8 Å². The van der Waals surface area contributed by atoms with Crippen LogP contribution < -0.4 is 5.32 Å². The van der Waals surface area contributed by atoms with Crippen molar-refractivity contribution in [1.29, 1.82) is 0 Å². The maximum absolute atomic E-state index is 12.5. The summed E-state index contributed by atoms with van der Waals surface area (Å²) in [6.45, 7) is 3.07. The molecule has 2 aromatic rings. The number of phenols is 1. The molecule has 2 N–H and O–H groups in total. The van der Waals surface area contributed by atoms with Gasteiger partial charge < -0.3 is 15.3 Å². The molecule has 0 saturated carbocycles. The number of halogens is 1. The molecule has 6 heteroatoms. The summed E-state index contributed by atoms with van der Waals surface area (Å²) in [4.78, 5) is 16.6. The minimum absolute atomic E-state index is 0.128. The van der Waals surface area contributed by atoms with Crippen LogP contribution in [0.2, 0.25) is 5.02 Å². The summed E-state index contributed by atoms with van der Waals surface area (Å²) in [5.41, 5.74) is 2.05. The zero-order valence-electron chi connectivity index (χ0n) is 15.6. The van der Waals surface area contributed by atoms with Gasteiger partial charge in [-0.05, 0) is 61.3 Å². The number of urea groups is 1. The molecule has 0 bridgehead atoms. The standard InChI is InChI=1S/C21H26ClN3O2/c1-24(15-16-5-4-6-19(26)13-16)21(27)23-14-20(25-11-2-3-12-25)17-7-9-18(22)10-8-17/h4-10,13,20,26H,2-3,11-12,14-15H2,1H3,(H,23,27)/t20-/m1/s1. The lowest BCUT2D eigenvalue weighted by molar-refractivity contribution is 0.195. The predicted molar refractivity (Wildman–Crippen MR) is 108 cm³/mol. The first-order chi connectivity index (χ1) is 13.0. The quantitative estimate of drug-likeness (QED) is 0.786. The van der Waals surface area contributed by atoms with Crippen molar-refractivity contribution in [2.45, 2.75) is 25.4 Å². The Bertz CT molecular complexity index is 760. The maximum Gasteiger partial charge on any atom is 0.317 e. The summed E-state index contributed by atoms with van der Waals surface area (Å²) in [7, 11) is 1.76. The van der Waals surface area contributed by atoms with E-state index in [9.17, 15) is 9.90 Å². The van der Waals surface area contributed by atoms with E-state index in [1.54, 1.807) is 30.1 Å². The third kappa shape index (κ3) is 5.37. The number of carbonyl (C=O) groups is 1. The minimum atomic E-state index is -0.128. The number of aromatic hydroxyl groups is 1. The average Bonchev–Trinajstić information content (AvgIpc) is 3.17. The highest BCUT2D eigenvalue weighted by molar-refractivity contribution is 6.30. The molecule has 0 spiro atoms. The lowest BCUT2D eigenvalue weighted by atomic mass is 10.1. The van der Waals surface area contributed by atoms with Crippen molar-refractivity contribution in [3.8, 4) is 5.75 Å². The summed E-state index contributed by atoms with van der Waals surface area (Å²) >= 11 is 6.03. The number of rotatable bonds is 6. The second kappa shape index (κ2) is 9.11. The van der Waals surface area contributed by atoms with Crippen molar-refractivity contribution < 1.29 is 9.90 Å². The van der Waals surface area contributed by atoms with E-state index in [4.69, 9.17) is 11.6 Å². The van der Waals surface area contributed by atoms with Crippen molar-refractivity contribution in [2.75, 3.05) is 26.7 Å². The lowest BCUT2D eigenvalue weighted by Gasteiger charge is -2.29. The number of hydrogen-bond donors (Lipinski definition) is 2. The molecule has 144 valence electrons. The molecule has 0 unspecified atom stereocenters. The van der Waals surface area contributed by atoms with Gasteiger partial charge in [-0.2, -0.15) is 0 Å². The molecule has 1 saturated heterocycles. The average molecular weight is 388 g/mol. The Kier molecular flexibility index (Phi) is 6.58. The number of amides is 2. The van der Waals surface area contributed by atoms with Crippen LogP contribution in [-0.4, -0.2) is 47.6 Å². The topological polar surface area (TPSA) is 55.8 Å². The highest BCUT2D eigenvalue weighted by atomic mass is 35.5. The molecular formula is C21H26ClN3O2. The minimum Gasteiger partial charge on any atom is -0.508 e. The molecule has 1 fully saturated rings. The van der Waals surface area contributed by atoms with Crippen LogP contribution in [0.25, 0.3) is 0 Å². The summed E-state index contributed by atoms with van der Waals surface area (Å²) in [6.07, 6.45) is 2.38. The normalized spacial score (nSPS) is 15.5. The summed E-state index contributed by atoms with van der Waals surface area (Å²) in [6, 6.07) is 14.8. The Morgan fingerprint density at radius 1 is 1.22 bits per heavy atom. The zero-order valence-corrected chi connectivity index (χ0v) is 16.3. The van der Waals surface area contributed by atoms with Crippen molar-refractivity contribution in [3.05, 3.63) is 64.7 Å². The van der Waals surface area contributed by atoms with Gasteiger partial charge in [0.1, 0.15) is 5.75 Å². The number of likely N-dealkylation sites (tertiary alicyclic amines) is 1. The zero-order chi connectivity index (χ0) is 19.2. The van der Waals surface area contributed by atoms with Gasteiger partial charge in [0.05, 0.1) is 6.04 Å². The van der Waals surface area contributed by atoms with Crippen molar-refractivity contribution in [1.82, 2.24) is 15.1 Å². The Labute approximate surface area is 165 Å². The number of hydrogen-bond acceptors (Lipinski definition) is 3. The van der Waals surface area contributed by atoms with Crippen LogP contribution in [0.3, 0.4) is 0 Å². The number of nitrogens with zero attached hydrogens (tertiary/aromatic N) is 2. The van der Waals surface area contributed by atoms with Gasteiger partial charge in [-0.25, -0.2) is 4.79 Å². The molecule has 1 aliphatic rings. The van der Waals surface area contributed by atoms with Crippen molar-refractivity contribution >= 4 is 17.6 Å². The molecular weight excluding hydrogens is 362 g/mol. The van der Waals surface area contributed by atoms with Gasteiger partial charge in [0, 0.05) is 25.2 Å². The van der Waals surface area contributed by atoms with E-state index >= 15 is 0 Å². The number of benzene rings is 2. The number of carbonyl (C=O) groups excluding carboxylic acids is 1. The fourth-order valence-corrected chi connectivity index (χ4v) is 3.64. The van der Waals surface area contributed by atoms with E-state index in [0.29, 0.717) is 18.1 Å². The number of phenolic OH excluding ortho intramolecular Hbond substituents is 1. The lowest BCUT2D eigenvalue weighted by Crippen LogP contribution is -2.42. The third-order valence-corrected chi connectivity index (χ3v) is 5.21. The van der Waals surface area contributed by atoms with Crippen molar-refractivity contribution in [3.63, 3.8) is 0 Å². The Morgan fingerprint density at radius 3 is 2.59 bits per heavy atom.